The summed E-state index contributed by atoms with van der Waals surface area (Å²) in [4.78, 5) is 22.0. The van der Waals surface area contributed by atoms with Crippen LogP contribution in [0.3, 0.4) is 0 Å². The molecular formula is C9H18N2O5S. The van der Waals surface area contributed by atoms with Crippen molar-refractivity contribution in [2.45, 2.75) is 18.2 Å². The monoisotopic (exact) mass is 266 g/mol. The predicted octanol–water partition coefficient (Wildman–Crippen LogP) is -0.848. The average Bonchev–Trinajstić information content (AvgIpc) is 2.24. The van der Waals surface area contributed by atoms with E-state index in [0.717, 1.165) is 0 Å². The predicted molar refractivity (Wildman–Crippen MR) is 63.4 cm³/mol. The van der Waals surface area contributed by atoms with Crippen molar-refractivity contribution in [1.82, 2.24) is 10.6 Å². The third-order valence-corrected chi connectivity index (χ3v) is 3.35. The molecular weight excluding hydrogens is 248 g/mol. The highest BCUT2D eigenvalue weighted by Gasteiger charge is 2.19. The molecule has 0 aromatic heterocycles. The van der Waals surface area contributed by atoms with Gasteiger partial charge in [-0.2, -0.15) is 0 Å². The molecule has 0 aromatic rings. The number of amides is 2. The minimum atomic E-state index is -1.17. The number of carboxylic acids is 1. The van der Waals surface area contributed by atoms with Crippen molar-refractivity contribution < 1.29 is 23.6 Å². The zero-order valence-corrected chi connectivity index (χ0v) is 10.9. The molecule has 3 atom stereocenters. The molecule has 0 aliphatic carbocycles. The second-order valence-corrected chi connectivity index (χ2v) is 5.31. The summed E-state index contributed by atoms with van der Waals surface area (Å²) >= 11 is 0. The fourth-order valence-electron chi connectivity index (χ4n) is 0.904. The first-order valence-corrected chi connectivity index (χ1v) is 6.59. The summed E-state index contributed by atoms with van der Waals surface area (Å²) in [7, 11) is 0.310. The van der Waals surface area contributed by atoms with Crippen molar-refractivity contribution in [3.63, 3.8) is 0 Å². The minimum Gasteiger partial charge on any atom is -0.480 e. The molecule has 7 nitrogen and oxygen atoms in total. The number of urea groups is 1. The molecule has 0 aromatic carbocycles. The van der Waals surface area contributed by atoms with Gasteiger partial charge < -0.3 is 20.5 Å². The van der Waals surface area contributed by atoms with E-state index in [0.29, 0.717) is 0 Å². The van der Waals surface area contributed by atoms with Gasteiger partial charge in [0.2, 0.25) is 0 Å². The Morgan fingerprint density at radius 3 is 2.47 bits per heavy atom. The van der Waals surface area contributed by atoms with Crippen LogP contribution in [0.15, 0.2) is 0 Å². The second-order valence-electron chi connectivity index (χ2n) is 3.51. The fraction of sp³-hybridized carbons (Fsp3) is 0.778. The van der Waals surface area contributed by atoms with E-state index >= 15 is 0 Å². The van der Waals surface area contributed by atoms with Gasteiger partial charge in [-0.15, -0.1) is 0 Å². The number of nitrogens with one attached hydrogen (secondary N) is 2. The summed E-state index contributed by atoms with van der Waals surface area (Å²) in [5.41, 5.74) is 0. The Bertz CT molecular complexity index is 297. The Labute approximate surface area is 102 Å². The minimum absolute atomic E-state index is 0.113. The van der Waals surface area contributed by atoms with Crippen LogP contribution in [0.4, 0.5) is 4.79 Å². The largest absolute Gasteiger partial charge is 0.480 e. The van der Waals surface area contributed by atoms with Crippen molar-refractivity contribution in [2.75, 3.05) is 26.5 Å². The maximum Gasteiger partial charge on any atom is 0.328 e. The van der Waals surface area contributed by atoms with Crippen LogP contribution in [0.1, 0.15) is 6.92 Å². The second kappa shape index (κ2) is 8.02. The van der Waals surface area contributed by atoms with E-state index in [1.165, 1.54) is 13.4 Å². The van der Waals surface area contributed by atoms with E-state index in [-0.39, 0.29) is 18.4 Å². The molecule has 0 bridgehead atoms. The summed E-state index contributed by atoms with van der Waals surface area (Å²) in [6, 6.07) is -1.71. The van der Waals surface area contributed by atoms with Gasteiger partial charge in [-0.3, -0.25) is 4.21 Å². The van der Waals surface area contributed by atoms with E-state index < -0.39 is 28.8 Å². The Morgan fingerprint density at radius 1 is 1.47 bits per heavy atom. The van der Waals surface area contributed by atoms with Crippen LogP contribution in [-0.4, -0.2) is 59.1 Å². The van der Waals surface area contributed by atoms with Gasteiger partial charge in [0.25, 0.3) is 0 Å². The SMILES string of the molecule is COCC(NC(=O)NCC(C)S(C)=O)C(=O)O. The summed E-state index contributed by atoms with van der Waals surface area (Å²) in [6.07, 6.45) is 1.54. The van der Waals surface area contributed by atoms with Crippen LogP contribution in [-0.2, 0) is 20.3 Å². The molecule has 0 aliphatic heterocycles. The van der Waals surface area contributed by atoms with E-state index in [9.17, 15) is 13.8 Å². The molecule has 0 fully saturated rings. The van der Waals surface area contributed by atoms with Crippen molar-refractivity contribution in [3.8, 4) is 0 Å². The molecule has 0 rings (SSSR count). The van der Waals surface area contributed by atoms with E-state index in [4.69, 9.17) is 5.11 Å². The number of rotatable bonds is 7. The summed E-state index contributed by atoms with van der Waals surface area (Å²) < 4.78 is 15.7. The third kappa shape index (κ3) is 6.90. The highest BCUT2D eigenvalue weighted by Crippen LogP contribution is 1.90. The molecule has 0 heterocycles. The lowest BCUT2D eigenvalue weighted by atomic mass is 10.3. The molecule has 2 amide bonds. The van der Waals surface area contributed by atoms with Gasteiger partial charge in [0.15, 0.2) is 6.04 Å². The Balaban J connectivity index is 4.06. The molecule has 0 spiro atoms. The van der Waals surface area contributed by atoms with Crippen LogP contribution in [0, 0.1) is 0 Å². The van der Waals surface area contributed by atoms with Gasteiger partial charge >= 0.3 is 12.0 Å². The Hall–Kier alpha value is -1.15. The lowest BCUT2D eigenvalue weighted by molar-refractivity contribution is -0.140. The van der Waals surface area contributed by atoms with E-state index in [1.807, 2.05) is 0 Å². The first kappa shape index (κ1) is 15.9. The fourth-order valence-corrected chi connectivity index (χ4v) is 1.22. The number of ether oxygens (including phenoxy) is 1. The van der Waals surface area contributed by atoms with Crippen LogP contribution < -0.4 is 10.6 Å². The van der Waals surface area contributed by atoms with Gasteiger partial charge in [0.05, 0.1) is 6.61 Å². The van der Waals surface area contributed by atoms with Crippen LogP contribution in [0.25, 0.3) is 0 Å². The summed E-state index contributed by atoms with van der Waals surface area (Å²) in [5.74, 6) is -1.17. The zero-order chi connectivity index (χ0) is 13.4. The molecule has 0 saturated carbocycles. The van der Waals surface area contributed by atoms with Gasteiger partial charge in [-0.05, 0) is 6.92 Å². The lowest BCUT2D eigenvalue weighted by Crippen LogP contribution is -2.49. The van der Waals surface area contributed by atoms with Crippen molar-refractivity contribution in [3.05, 3.63) is 0 Å². The highest BCUT2D eigenvalue weighted by molar-refractivity contribution is 7.84. The summed E-state index contributed by atoms with van der Waals surface area (Å²) in [5, 5.41) is 13.2. The normalized spacial score (nSPS) is 15.7. The Kier molecular flexibility index (Phi) is 7.47. The maximum absolute atomic E-state index is 11.3. The van der Waals surface area contributed by atoms with Gasteiger partial charge in [0, 0.05) is 36.0 Å². The number of carboxylic acid groups (broad SMARTS) is 1. The third-order valence-electron chi connectivity index (χ3n) is 2.05. The number of carbonyl (C=O) groups excluding carboxylic acids is 1. The van der Waals surface area contributed by atoms with E-state index in [1.54, 1.807) is 6.92 Å². The molecule has 0 aliphatic rings. The van der Waals surface area contributed by atoms with Crippen LogP contribution in [0.2, 0.25) is 0 Å². The highest BCUT2D eigenvalue weighted by atomic mass is 32.2. The number of carbonyl (C=O) groups is 2. The molecule has 0 radical (unpaired) electrons. The Morgan fingerprint density at radius 2 is 2.06 bits per heavy atom. The molecule has 3 N–H and O–H groups in total. The molecule has 8 heteroatoms. The standard InChI is InChI=1S/C9H18N2O5S/c1-6(17(3)15)4-10-9(14)11-7(5-16-2)8(12)13/h6-7H,4-5H2,1-3H3,(H,12,13)(H2,10,11,14). The zero-order valence-electron chi connectivity index (χ0n) is 10.1. The van der Waals surface area contributed by atoms with Gasteiger partial charge in [-0.25, -0.2) is 9.59 Å². The number of hydrogen-bond donors (Lipinski definition) is 3. The molecule has 17 heavy (non-hydrogen) atoms. The number of methoxy groups -OCH3 is 1. The smallest absolute Gasteiger partial charge is 0.328 e. The number of hydrogen-bond acceptors (Lipinski definition) is 4. The molecule has 0 saturated heterocycles. The molecule has 3 unspecified atom stereocenters. The first-order chi connectivity index (χ1) is 7.88. The first-order valence-electron chi connectivity index (χ1n) is 4.96. The lowest BCUT2D eigenvalue weighted by Gasteiger charge is -2.15. The van der Waals surface area contributed by atoms with Crippen LogP contribution >= 0.6 is 0 Å². The van der Waals surface area contributed by atoms with Crippen molar-refractivity contribution >= 4 is 22.8 Å². The maximum atomic E-state index is 11.3. The van der Waals surface area contributed by atoms with E-state index in [2.05, 4.69) is 15.4 Å². The van der Waals surface area contributed by atoms with Crippen LogP contribution in [0.5, 0.6) is 0 Å². The molecule has 100 valence electrons. The number of aliphatic carboxylic acids is 1. The summed E-state index contributed by atoms with van der Waals surface area (Å²) in [6.45, 7) is 1.83. The quantitative estimate of drug-likeness (QED) is 0.557. The van der Waals surface area contributed by atoms with Gasteiger partial charge in [-0.1, -0.05) is 0 Å². The average molecular weight is 266 g/mol. The topological polar surface area (TPSA) is 105 Å². The van der Waals surface area contributed by atoms with Crippen molar-refractivity contribution in [1.29, 1.82) is 0 Å². The van der Waals surface area contributed by atoms with Gasteiger partial charge in [0.1, 0.15) is 0 Å². The van der Waals surface area contributed by atoms with Crippen molar-refractivity contribution in [2.24, 2.45) is 0 Å².